The normalized spacial score (nSPS) is 13.9. The monoisotopic (exact) mass is 288 g/mol. The number of nitro benzene ring substituents is 1. The van der Waals surface area contributed by atoms with Gasteiger partial charge in [-0.3, -0.25) is 14.6 Å². The van der Waals surface area contributed by atoms with Crippen LogP contribution in [0.2, 0.25) is 0 Å². The van der Waals surface area contributed by atoms with Gasteiger partial charge in [0.25, 0.3) is 5.69 Å². The van der Waals surface area contributed by atoms with Crippen LogP contribution in [0.1, 0.15) is 10.4 Å². The zero-order valence-corrected chi connectivity index (χ0v) is 11.5. The molecule has 0 aliphatic heterocycles. The van der Waals surface area contributed by atoms with E-state index in [-0.39, 0.29) is 11.3 Å². The fraction of sp³-hybridized carbons (Fsp3) is 0.300. The van der Waals surface area contributed by atoms with Crippen molar-refractivity contribution < 1.29 is 23.3 Å². The molecule has 0 bridgehead atoms. The largest absolute Gasteiger partial charge is 0.462 e. The molecule has 0 N–H and O–H groups in total. The van der Waals surface area contributed by atoms with Crippen LogP contribution in [-0.2, 0) is 13.6 Å². The van der Waals surface area contributed by atoms with Gasteiger partial charge in [0.05, 0.1) is 10.5 Å². The van der Waals surface area contributed by atoms with Crippen molar-refractivity contribution in [2.75, 3.05) is 21.2 Å². The van der Waals surface area contributed by atoms with Gasteiger partial charge in [-0.1, -0.05) is 0 Å². The Hall–Kier alpha value is -1.76. The maximum absolute atomic E-state index is 12.0. The van der Waals surface area contributed by atoms with Crippen LogP contribution < -0.4 is 0 Å². The molecule has 1 aromatic carbocycles. The van der Waals surface area contributed by atoms with Crippen LogP contribution >= 0.6 is 7.75 Å². The van der Waals surface area contributed by atoms with E-state index in [1.54, 1.807) is 0 Å². The fourth-order valence-electron chi connectivity index (χ4n) is 1.16. The molecule has 0 aliphatic rings. The molecule has 0 radical (unpaired) electrons. The number of nitrogens with zero attached hydrogens (tertiary/aromatic N) is 2. The van der Waals surface area contributed by atoms with Crippen LogP contribution in [0.3, 0.4) is 0 Å². The van der Waals surface area contributed by atoms with Gasteiger partial charge in [0.2, 0.25) is 0 Å². The van der Waals surface area contributed by atoms with Crippen LogP contribution in [0.5, 0.6) is 0 Å². The minimum Gasteiger partial charge on any atom is -0.376 e. The first-order valence-corrected chi connectivity index (χ1v) is 6.61. The Morgan fingerprint density at radius 1 is 1.32 bits per heavy atom. The molecule has 0 fully saturated rings. The summed E-state index contributed by atoms with van der Waals surface area (Å²) >= 11 is 0. The summed E-state index contributed by atoms with van der Waals surface area (Å²) in [6, 6.07) is 4.75. The predicted octanol–water partition coefficient (Wildman–Crippen LogP) is 2.07. The number of nitro groups is 1. The molecule has 1 unspecified atom stereocenters. The van der Waals surface area contributed by atoms with Crippen LogP contribution in [0.15, 0.2) is 24.3 Å². The lowest BCUT2D eigenvalue weighted by Gasteiger charge is -2.20. The van der Waals surface area contributed by atoms with Crippen LogP contribution in [-0.4, -0.2) is 36.8 Å². The molecule has 0 aliphatic carbocycles. The zero-order chi connectivity index (χ0) is 14.6. The molecule has 0 saturated carbocycles. The third-order valence-electron chi connectivity index (χ3n) is 2.23. The van der Waals surface area contributed by atoms with Crippen molar-refractivity contribution in [1.82, 2.24) is 4.67 Å². The molecular formula is C10H13N2O6P. The molecule has 19 heavy (non-hydrogen) atoms. The van der Waals surface area contributed by atoms with Crippen molar-refractivity contribution in [3.05, 3.63) is 39.9 Å². The SMILES string of the molecule is COP(=O)(OC(=O)c1ccc([N+](=O)[O-])cc1)N(C)C. The van der Waals surface area contributed by atoms with Crippen LogP contribution in [0, 0.1) is 10.1 Å². The fourth-order valence-corrected chi connectivity index (χ4v) is 2.04. The van der Waals surface area contributed by atoms with Crippen molar-refractivity contribution in [3.63, 3.8) is 0 Å². The van der Waals surface area contributed by atoms with Gasteiger partial charge in [-0.15, -0.1) is 0 Å². The Balaban J connectivity index is 2.90. The molecule has 8 nitrogen and oxygen atoms in total. The summed E-state index contributed by atoms with van der Waals surface area (Å²) in [5, 5.41) is 10.5. The van der Waals surface area contributed by atoms with Crippen molar-refractivity contribution >= 4 is 19.4 Å². The molecule has 0 saturated heterocycles. The van der Waals surface area contributed by atoms with Gasteiger partial charge in [0.1, 0.15) is 0 Å². The quantitative estimate of drug-likeness (QED) is 0.464. The predicted molar refractivity (Wildman–Crippen MR) is 66.8 cm³/mol. The van der Waals surface area contributed by atoms with E-state index in [9.17, 15) is 19.5 Å². The molecule has 104 valence electrons. The highest BCUT2D eigenvalue weighted by Gasteiger charge is 2.31. The summed E-state index contributed by atoms with van der Waals surface area (Å²) in [4.78, 5) is 21.6. The number of hydrogen-bond acceptors (Lipinski definition) is 6. The van der Waals surface area contributed by atoms with Gasteiger partial charge in [-0.2, -0.15) is 0 Å². The first-order valence-electron chi connectivity index (χ1n) is 5.12. The van der Waals surface area contributed by atoms with Crippen LogP contribution in [0.4, 0.5) is 5.69 Å². The average molecular weight is 288 g/mol. The highest BCUT2D eigenvalue weighted by atomic mass is 31.2. The van der Waals surface area contributed by atoms with Crippen molar-refractivity contribution in [2.45, 2.75) is 0 Å². The van der Waals surface area contributed by atoms with Gasteiger partial charge in [0.15, 0.2) is 0 Å². The Labute approximate surface area is 109 Å². The van der Waals surface area contributed by atoms with Crippen molar-refractivity contribution in [3.8, 4) is 0 Å². The van der Waals surface area contributed by atoms with Gasteiger partial charge in [0, 0.05) is 19.2 Å². The topological polar surface area (TPSA) is 99.0 Å². The second-order valence-electron chi connectivity index (χ2n) is 3.68. The maximum atomic E-state index is 12.0. The van der Waals surface area contributed by atoms with Crippen LogP contribution in [0.25, 0.3) is 0 Å². The Bertz CT molecular complexity index is 527. The summed E-state index contributed by atoms with van der Waals surface area (Å²) in [6.07, 6.45) is 0. The van der Waals surface area contributed by atoms with E-state index in [1.807, 2.05) is 0 Å². The van der Waals surface area contributed by atoms with Gasteiger partial charge in [-0.25, -0.2) is 14.0 Å². The molecule has 0 spiro atoms. The summed E-state index contributed by atoms with van der Waals surface area (Å²) < 4.78 is 22.6. The molecule has 0 aromatic heterocycles. The number of carbonyl (C=O) groups is 1. The van der Waals surface area contributed by atoms with Crippen molar-refractivity contribution in [1.29, 1.82) is 0 Å². The molecule has 9 heteroatoms. The molecule has 1 atom stereocenters. The highest BCUT2D eigenvalue weighted by Crippen LogP contribution is 2.49. The molecular weight excluding hydrogens is 275 g/mol. The second kappa shape index (κ2) is 5.92. The number of rotatable bonds is 5. The minimum absolute atomic E-state index is 0.0460. The number of benzene rings is 1. The van der Waals surface area contributed by atoms with Gasteiger partial charge < -0.3 is 4.52 Å². The minimum atomic E-state index is -3.67. The van der Waals surface area contributed by atoms with Crippen molar-refractivity contribution in [2.24, 2.45) is 0 Å². The maximum Gasteiger partial charge on any atom is 0.462 e. The Morgan fingerprint density at radius 3 is 2.21 bits per heavy atom. The van der Waals surface area contributed by atoms with E-state index in [0.717, 1.165) is 23.9 Å². The standard InChI is InChI=1S/C10H13N2O6P/c1-11(2)19(16,17-3)18-10(13)8-4-6-9(7-5-8)12(14)15/h4-7H,1-3H3. The number of carbonyl (C=O) groups excluding carboxylic acids is 1. The van der Waals surface area contributed by atoms with E-state index in [0.29, 0.717) is 0 Å². The van der Waals surface area contributed by atoms with Gasteiger partial charge in [-0.05, 0) is 26.2 Å². The highest BCUT2D eigenvalue weighted by molar-refractivity contribution is 7.51. The lowest BCUT2D eigenvalue weighted by atomic mass is 10.2. The first-order chi connectivity index (χ1) is 8.80. The lowest BCUT2D eigenvalue weighted by Crippen LogP contribution is -2.15. The lowest BCUT2D eigenvalue weighted by molar-refractivity contribution is -0.384. The number of hydrogen-bond donors (Lipinski definition) is 0. The third kappa shape index (κ3) is 3.60. The van der Waals surface area contributed by atoms with E-state index < -0.39 is 18.6 Å². The Morgan fingerprint density at radius 2 is 1.84 bits per heavy atom. The summed E-state index contributed by atoms with van der Waals surface area (Å²) in [5.41, 5.74) is -0.108. The molecule has 1 aromatic rings. The third-order valence-corrected chi connectivity index (χ3v) is 4.07. The molecule has 0 amide bonds. The number of non-ortho nitro benzene ring substituents is 1. The summed E-state index contributed by atoms with van der Waals surface area (Å²) in [6.45, 7) is 0. The van der Waals surface area contributed by atoms with E-state index in [1.165, 1.54) is 26.2 Å². The van der Waals surface area contributed by atoms with E-state index in [4.69, 9.17) is 4.52 Å². The second-order valence-corrected chi connectivity index (χ2v) is 5.97. The smallest absolute Gasteiger partial charge is 0.376 e. The Kier molecular flexibility index (Phi) is 4.77. The van der Waals surface area contributed by atoms with E-state index in [2.05, 4.69) is 4.52 Å². The molecule has 1 rings (SSSR count). The zero-order valence-electron chi connectivity index (χ0n) is 10.6. The molecule has 0 heterocycles. The summed E-state index contributed by atoms with van der Waals surface area (Å²) in [5.74, 6) is -0.881. The van der Waals surface area contributed by atoms with Gasteiger partial charge >= 0.3 is 13.7 Å². The van der Waals surface area contributed by atoms with E-state index >= 15 is 0 Å². The first kappa shape index (κ1) is 15.3. The summed E-state index contributed by atoms with van der Waals surface area (Å²) in [7, 11) is 0.358. The average Bonchev–Trinajstić information content (AvgIpc) is 2.38.